The summed E-state index contributed by atoms with van der Waals surface area (Å²) in [4.78, 5) is 9.59. The Labute approximate surface area is 168 Å². The van der Waals surface area contributed by atoms with Gasteiger partial charge in [-0.15, -0.1) is 0 Å². The Bertz CT molecular complexity index is 1070. The Kier molecular flexibility index (Phi) is 4.55. The van der Waals surface area contributed by atoms with Crippen molar-refractivity contribution in [2.24, 2.45) is 0 Å². The van der Waals surface area contributed by atoms with Crippen molar-refractivity contribution in [2.75, 3.05) is 30.4 Å². The van der Waals surface area contributed by atoms with Crippen molar-refractivity contribution in [3.8, 4) is 5.75 Å². The van der Waals surface area contributed by atoms with E-state index in [1.54, 1.807) is 4.90 Å². The van der Waals surface area contributed by atoms with Gasteiger partial charge < -0.3 is 19.6 Å². The van der Waals surface area contributed by atoms with Gasteiger partial charge in [-0.2, -0.15) is 26.6 Å². The van der Waals surface area contributed by atoms with Gasteiger partial charge in [-0.25, -0.2) is 4.98 Å². The van der Waals surface area contributed by atoms with Gasteiger partial charge in [-0.3, -0.25) is 0 Å². The van der Waals surface area contributed by atoms with Gasteiger partial charge in [0.2, 0.25) is 5.95 Å². The summed E-state index contributed by atoms with van der Waals surface area (Å²) in [6.45, 7) is 1.26. The summed E-state index contributed by atoms with van der Waals surface area (Å²) >= 11 is 6.21. The Morgan fingerprint density at radius 2 is 2.10 bits per heavy atom. The Morgan fingerprint density at radius 1 is 1.34 bits per heavy atom. The second-order valence-electron chi connectivity index (χ2n) is 6.73. The van der Waals surface area contributed by atoms with Crippen LogP contribution in [0.5, 0.6) is 5.75 Å². The van der Waals surface area contributed by atoms with E-state index in [4.69, 9.17) is 22.1 Å². The molecule has 13 heteroatoms. The maximum atomic E-state index is 12.7. The molecule has 1 fully saturated rings. The van der Waals surface area contributed by atoms with Crippen molar-refractivity contribution in [3.05, 3.63) is 35.0 Å². The topological polar surface area (TPSA) is 108 Å². The average Bonchev–Trinajstić information content (AvgIpc) is 3.22. The Hall–Kier alpha value is -2.31. The van der Waals surface area contributed by atoms with Crippen molar-refractivity contribution in [1.29, 1.82) is 0 Å². The van der Waals surface area contributed by atoms with Gasteiger partial charge in [-0.1, -0.05) is 17.7 Å². The van der Waals surface area contributed by atoms with E-state index in [1.807, 2.05) is 0 Å². The summed E-state index contributed by atoms with van der Waals surface area (Å²) in [5, 5.41) is 0.176. The number of hydrogen-bond acceptors (Lipinski definition) is 8. The van der Waals surface area contributed by atoms with E-state index in [0.29, 0.717) is 31.9 Å². The van der Waals surface area contributed by atoms with Gasteiger partial charge >= 0.3 is 15.6 Å². The van der Waals surface area contributed by atoms with Gasteiger partial charge in [0.25, 0.3) is 0 Å². The number of rotatable bonds is 3. The average molecular weight is 451 g/mol. The number of alkyl halides is 3. The first kappa shape index (κ1) is 20.0. The van der Waals surface area contributed by atoms with E-state index in [2.05, 4.69) is 14.2 Å². The van der Waals surface area contributed by atoms with Crippen LogP contribution in [0.15, 0.2) is 24.4 Å². The summed E-state index contributed by atoms with van der Waals surface area (Å²) in [5.41, 5.74) is 0.842. The van der Waals surface area contributed by atoms with Crippen LogP contribution in [0.25, 0.3) is 0 Å². The van der Waals surface area contributed by atoms with E-state index < -0.39 is 26.8 Å². The molecule has 2 aliphatic heterocycles. The lowest BCUT2D eigenvalue weighted by Gasteiger charge is -2.24. The van der Waals surface area contributed by atoms with Crippen molar-refractivity contribution < 1.29 is 30.5 Å². The lowest BCUT2D eigenvalue weighted by molar-refractivity contribution is -0.0500. The summed E-state index contributed by atoms with van der Waals surface area (Å²) < 4.78 is 70.6. The highest BCUT2D eigenvalue weighted by Crippen LogP contribution is 2.50. The third kappa shape index (κ3) is 3.34. The summed E-state index contributed by atoms with van der Waals surface area (Å²) in [7, 11) is -5.81. The van der Waals surface area contributed by atoms with Gasteiger partial charge in [0, 0.05) is 24.6 Å². The van der Waals surface area contributed by atoms with Crippen molar-refractivity contribution in [2.45, 2.75) is 17.3 Å². The minimum absolute atomic E-state index is 0.0402. The normalized spacial score (nSPS) is 21.6. The van der Waals surface area contributed by atoms with E-state index in [1.165, 1.54) is 24.4 Å². The number of nitrogen functional groups attached to an aromatic ring is 1. The third-order valence-electron chi connectivity index (χ3n) is 4.88. The number of fused-ring (bicyclic) bond motifs is 2. The lowest BCUT2D eigenvalue weighted by Crippen LogP contribution is -2.32. The molecule has 1 aromatic carbocycles. The fourth-order valence-corrected chi connectivity index (χ4v) is 4.22. The summed E-state index contributed by atoms with van der Waals surface area (Å²) in [6.07, 6.45) is 1.97. The van der Waals surface area contributed by atoms with Crippen LogP contribution < -0.4 is 14.8 Å². The maximum Gasteiger partial charge on any atom is 0.534 e. The molecular weight excluding hydrogens is 437 g/mol. The molecular formula is C16H14ClF3N4O4S. The first-order valence-electron chi connectivity index (χ1n) is 8.31. The van der Waals surface area contributed by atoms with Gasteiger partial charge in [-0.05, 0) is 18.1 Å². The number of nitrogens with two attached hydrogens (primary N) is 1. The molecule has 0 radical (unpaired) electrons. The number of ether oxygens (including phenoxy) is 1. The van der Waals surface area contributed by atoms with Crippen LogP contribution in [0.3, 0.4) is 0 Å². The number of benzene rings is 1. The monoisotopic (exact) mass is 450 g/mol. The van der Waals surface area contributed by atoms with Crippen LogP contribution in [0.2, 0.25) is 5.02 Å². The molecule has 2 N–H and O–H groups in total. The zero-order chi connectivity index (χ0) is 21.0. The predicted molar refractivity (Wildman–Crippen MR) is 97.6 cm³/mol. The fourth-order valence-electron chi connectivity index (χ4n) is 3.58. The third-order valence-corrected chi connectivity index (χ3v) is 6.13. The molecule has 1 atom stereocenters. The predicted octanol–water partition coefficient (Wildman–Crippen LogP) is 2.75. The zero-order valence-electron chi connectivity index (χ0n) is 14.6. The first-order chi connectivity index (χ1) is 13.5. The van der Waals surface area contributed by atoms with Crippen LogP contribution in [0, 0.1) is 0 Å². The van der Waals surface area contributed by atoms with Crippen LogP contribution in [-0.2, 0) is 20.3 Å². The molecule has 1 aromatic heterocycles. The lowest BCUT2D eigenvalue weighted by atomic mass is 9.82. The highest BCUT2D eigenvalue weighted by atomic mass is 35.5. The minimum atomic E-state index is -5.81. The molecule has 1 unspecified atom stereocenters. The molecule has 0 aliphatic carbocycles. The number of anilines is 3. The Morgan fingerprint density at radius 3 is 2.76 bits per heavy atom. The number of aromatic nitrogens is 2. The standard InChI is InChI=1S/C16H14ClF3N4O4S/c17-11-6-22-14(21)23-13(11)24-7-15(3-4-27-8-15)10-2-1-9(5-12(10)24)28-29(25,26)16(18,19)20/h1-2,5-6H,3-4,7-8H2,(H2,21,22,23). The van der Waals surface area contributed by atoms with Gasteiger partial charge in [0.1, 0.15) is 10.8 Å². The van der Waals surface area contributed by atoms with Crippen molar-refractivity contribution in [3.63, 3.8) is 0 Å². The molecule has 2 aromatic rings. The number of halogens is 4. The fraction of sp³-hybridized carbons (Fsp3) is 0.375. The maximum absolute atomic E-state index is 12.7. The molecule has 1 saturated heterocycles. The Balaban J connectivity index is 1.81. The SMILES string of the molecule is Nc1ncc(Cl)c(N2CC3(CCOC3)c3ccc(OS(=O)(=O)C(F)(F)F)cc32)n1. The summed E-state index contributed by atoms with van der Waals surface area (Å²) in [5.74, 6) is -0.276. The van der Waals surface area contributed by atoms with Crippen LogP contribution >= 0.6 is 11.6 Å². The zero-order valence-corrected chi connectivity index (χ0v) is 16.2. The molecule has 8 nitrogen and oxygen atoms in total. The minimum Gasteiger partial charge on any atom is -0.380 e. The first-order valence-corrected chi connectivity index (χ1v) is 10.1. The quantitative estimate of drug-likeness (QED) is 0.562. The van der Waals surface area contributed by atoms with Crippen LogP contribution in [0.4, 0.5) is 30.6 Å². The van der Waals surface area contributed by atoms with E-state index in [9.17, 15) is 21.6 Å². The molecule has 0 saturated carbocycles. The smallest absolute Gasteiger partial charge is 0.380 e. The van der Waals surface area contributed by atoms with Gasteiger partial charge in [0.15, 0.2) is 5.82 Å². The van der Waals surface area contributed by atoms with E-state index >= 15 is 0 Å². The van der Waals surface area contributed by atoms with Crippen molar-refractivity contribution in [1.82, 2.24) is 9.97 Å². The van der Waals surface area contributed by atoms with Gasteiger partial charge in [0.05, 0.1) is 18.5 Å². The van der Waals surface area contributed by atoms with E-state index in [-0.39, 0.29) is 16.8 Å². The second-order valence-corrected chi connectivity index (χ2v) is 8.68. The van der Waals surface area contributed by atoms with Crippen LogP contribution in [-0.4, -0.2) is 43.7 Å². The van der Waals surface area contributed by atoms with Crippen molar-refractivity contribution >= 4 is 39.2 Å². The number of hydrogen-bond donors (Lipinski definition) is 1. The second kappa shape index (κ2) is 6.61. The molecule has 156 valence electrons. The van der Waals surface area contributed by atoms with Crippen LogP contribution in [0.1, 0.15) is 12.0 Å². The summed E-state index contributed by atoms with van der Waals surface area (Å²) in [6, 6.07) is 3.92. The molecule has 1 spiro atoms. The molecule has 4 rings (SSSR count). The number of nitrogens with zero attached hydrogens (tertiary/aromatic N) is 3. The molecule has 0 bridgehead atoms. The molecule has 29 heavy (non-hydrogen) atoms. The van der Waals surface area contributed by atoms with E-state index in [0.717, 1.165) is 5.56 Å². The highest BCUT2D eigenvalue weighted by molar-refractivity contribution is 7.88. The largest absolute Gasteiger partial charge is 0.534 e. The molecule has 0 amide bonds. The molecule has 2 aliphatic rings. The molecule has 3 heterocycles. The highest BCUT2D eigenvalue weighted by Gasteiger charge is 2.50.